The van der Waals surface area contributed by atoms with Gasteiger partial charge in [-0.3, -0.25) is 0 Å². The summed E-state index contributed by atoms with van der Waals surface area (Å²) in [5, 5.41) is 0. The van der Waals surface area contributed by atoms with Crippen molar-refractivity contribution in [2.24, 2.45) is 0 Å². The van der Waals surface area contributed by atoms with Crippen LogP contribution in [0.25, 0.3) is 78.9 Å². The summed E-state index contributed by atoms with van der Waals surface area (Å²) >= 11 is 0. The predicted molar refractivity (Wildman–Crippen MR) is 191 cm³/mol. The second-order valence-corrected chi connectivity index (χ2v) is 11.3. The Bertz CT molecular complexity index is 2050. The van der Waals surface area contributed by atoms with E-state index in [0.29, 0.717) is 17.5 Å². The molecule has 0 saturated heterocycles. The molecular weight excluding hydrogens is 589 g/mol. The van der Waals surface area contributed by atoms with Crippen LogP contribution in [0.2, 0.25) is 0 Å². The van der Waals surface area contributed by atoms with E-state index in [9.17, 15) is 0 Å². The van der Waals surface area contributed by atoms with Gasteiger partial charge >= 0.3 is 0 Å². The van der Waals surface area contributed by atoms with Gasteiger partial charge in [-0.1, -0.05) is 91.0 Å². The molecule has 0 saturated carbocycles. The fourth-order valence-electron chi connectivity index (χ4n) is 5.76. The number of benzene rings is 5. The Morgan fingerprint density at radius 2 is 0.604 bits per heavy atom. The third-order valence-electron chi connectivity index (χ3n) is 8.08. The molecule has 226 valence electrons. The minimum Gasteiger partial charge on any atom is -0.237 e. The maximum absolute atomic E-state index is 5.15. The van der Waals surface area contributed by atoms with Crippen LogP contribution in [0.4, 0.5) is 0 Å². The molecule has 3 heterocycles. The van der Waals surface area contributed by atoms with Crippen molar-refractivity contribution in [2.75, 3.05) is 0 Å². The van der Waals surface area contributed by atoms with Gasteiger partial charge in [-0.25, -0.2) is 29.9 Å². The molecule has 0 amide bonds. The Hall–Kier alpha value is -6.66. The highest BCUT2D eigenvalue weighted by molar-refractivity contribution is 5.83. The highest BCUT2D eigenvalue weighted by Crippen LogP contribution is 2.36. The van der Waals surface area contributed by atoms with E-state index in [1.165, 1.54) is 0 Å². The molecule has 0 aliphatic carbocycles. The number of hydrogen-bond donors (Lipinski definition) is 0. The molecule has 8 rings (SSSR count). The molecule has 48 heavy (non-hydrogen) atoms. The quantitative estimate of drug-likeness (QED) is 0.177. The molecule has 8 aromatic rings. The van der Waals surface area contributed by atoms with Crippen molar-refractivity contribution in [1.29, 1.82) is 0 Å². The third kappa shape index (κ3) is 6.10. The van der Waals surface area contributed by atoms with Gasteiger partial charge in [-0.2, -0.15) is 0 Å². The predicted octanol–water partition coefficient (Wildman–Crippen LogP) is 9.73. The molecular formula is C42H28N6. The molecule has 6 nitrogen and oxygen atoms in total. The van der Waals surface area contributed by atoms with Gasteiger partial charge in [-0.05, 0) is 76.9 Å². The average molecular weight is 617 g/mol. The largest absolute Gasteiger partial charge is 0.237 e. The van der Waals surface area contributed by atoms with Crippen molar-refractivity contribution in [3.8, 4) is 78.9 Å². The second-order valence-electron chi connectivity index (χ2n) is 11.3. The molecule has 0 bridgehead atoms. The zero-order chi connectivity index (χ0) is 32.1. The highest BCUT2D eigenvalue weighted by Gasteiger charge is 2.16. The van der Waals surface area contributed by atoms with E-state index in [2.05, 4.69) is 86.7 Å². The lowest BCUT2D eigenvalue weighted by Crippen LogP contribution is -1.98. The van der Waals surface area contributed by atoms with Crippen LogP contribution in [0.1, 0.15) is 0 Å². The van der Waals surface area contributed by atoms with E-state index in [4.69, 9.17) is 9.97 Å². The van der Waals surface area contributed by atoms with Crippen molar-refractivity contribution in [1.82, 2.24) is 29.9 Å². The van der Waals surface area contributed by atoms with E-state index in [1.807, 2.05) is 78.9 Å². The molecule has 0 aliphatic heterocycles. The van der Waals surface area contributed by atoms with E-state index >= 15 is 0 Å². The highest BCUT2D eigenvalue weighted by atomic mass is 14.9. The Morgan fingerprint density at radius 1 is 0.250 bits per heavy atom. The maximum atomic E-state index is 5.15. The average Bonchev–Trinajstić information content (AvgIpc) is 3.19. The van der Waals surface area contributed by atoms with E-state index in [1.54, 1.807) is 24.8 Å². The van der Waals surface area contributed by atoms with Crippen LogP contribution in [-0.2, 0) is 0 Å². The van der Waals surface area contributed by atoms with Gasteiger partial charge in [0.2, 0.25) is 0 Å². The summed E-state index contributed by atoms with van der Waals surface area (Å²) in [7, 11) is 0. The molecule has 6 heteroatoms. The SMILES string of the molecule is c1ccc(-c2cc(-c3cc(-c4cc(-c5ccccc5)cc(-c5ncccn5)c4)nc(-c4ccccc4)n3)cc(-c3ncccn3)c2)cc1. The summed E-state index contributed by atoms with van der Waals surface area (Å²) in [5.41, 5.74) is 10.5. The van der Waals surface area contributed by atoms with Crippen LogP contribution in [0.15, 0.2) is 170 Å². The first-order valence-corrected chi connectivity index (χ1v) is 15.7. The van der Waals surface area contributed by atoms with Crippen LogP contribution in [0, 0.1) is 0 Å². The van der Waals surface area contributed by atoms with Gasteiger partial charge in [0, 0.05) is 52.6 Å². The van der Waals surface area contributed by atoms with Crippen molar-refractivity contribution in [3.05, 3.63) is 170 Å². The topological polar surface area (TPSA) is 77.3 Å². The number of hydrogen-bond acceptors (Lipinski definition) is 6. The first-order valence-electron chi connectivity index (χ1n) is 15.7. The zero-order valence-corrected chi connectivity index (χ0v) is 25.8. The minimum absolute atomic E-state index is 0.633. The van der Waals surface area contributed by atoms with Gasteiger partial charge in [0.1, 0.15) is 0 Å². The lowest BCUT2D eigenvalue weighted by atomic mass is 9.95. The van der Waals surface area contributed by atoms with Gasteiger partial charge in [0.25, 0.3) is 0 Å². The van der Waals surface area contributed by atoms with Crippen LogP contribution in [0.5, 0.6) is 0 Å². The molecule has 0 N–H and O–H groups in total. The first kappa shape index (κ1) is 28.8. The maximum Gasteiger partial charge on any atom is 0.160 e. The van der Waals surface area contributed by atoms with Gasteiger partial charge < -0.3 is 0 Å². The molecule has 0 aliphatic rings. The van der Waals surface area contributed by atoms with Crippen molar-refractivity contribution in [2.45, 2.75) is 0 Å². The molecule has 0 atom stereocenters. The van der Waals surface area contributed by atoms with Gasteiger partial charge in [0.05, 0.1) is 11.4 Å². The number of rotatable bonds is 7. The van der Waals surface area contributed by atoms with Crippen molar-refractivity contribution < 1.29 is 0 Å². The third-order valence-corrected chi connectivity index (χ3v) is 8.08. The Balaban J connectivity index is 1.36. The summed E-state index contributed by atoms with van der Waals surface area (Å²) in [4.78, 5) is 28.6. The molecule has 0 radical (unpaired) electrons. The lowest BCUT2D eigenvalue weighted by Gasteiger charge is -2.14. The minimum atomic E-state index is 0.633. The van der Waals surface area contributed by atoms with Crippen molar-refractivity contribution in [3.63, 3.8) is 0 Å². The first-order chi connectivity index (χ1) is 23.8. The normalized spacial score (nSPS) is 10.9. The summed E-state index contributed by atoms with van der Waals surface area (Å²) in [6.07, 6.45) is 7.06. The van der Waals surface area contributed by atoms with Crippen LogP contribution in [0.3, 0.4) is 0 Å². The fourth-order valence-corrected chi connectivity index (χ4v) is 5.76. The summed E-state index contributed by atoms with van der Waals surface area (Å²) < 4.78 is 0. The van der Waals surface area contributed by atoms with E-state index in [0.717, 1.165) is 61.5 Å². The van der Waals surface area contributed by atoms with Crippen LogP contribution < -0.4 is 0 Å². The van der Waals surface area contributed by atoms with E-state index in [-0.39, 0.29) is 0 Å². The lowest BCUT2D eigenvalue weighted by molar-refractivity contribution is 1.17. The molecule has 0 unspecified atom stereocenters. The standard InChI is InChI=1S/C42H28N6/c1-4-12-29(13-5-1)32-22-34(26-36(24-32)40-43-18-10-19-44-40)38-28-39(48-42(47-38)31-16-8-3-9-17-31)35-23-33(30-14-6-2-7-15-30)25-37(27-35)41-45-20-11-21-46-41/h1-28H. The Kier molecular flexibility index (Phi) is 7.79. The number of nitrogens with zero attached hydrogens (tertiary/aromatic N) is 6. The van der Waals surface area contributed by atoms with Gasteiger partial charge in [-0.15, -0.1) is 0 Å². The molecule has 5 aromatic carbocycles. The monoisotopic (exact) mass is 616 g/mol. The fraction of sp³-hybridized carbons (Fsp3) is 0. The van der Waals surface area contributed by atoms with E-state index < -0.39 is 0 Å². The van der Waals surface area contributed by atoms with Crippen LogP contribution in [-0.4, -0.2) is 29.9 Å². The zero-order valence-electron chi connectivity index (χ0n) is 25.8. The summed E-state index contributed by atoms with van der Waals surface area (Å²) in [6.45, 7) is 0. The molecule has 0 spiro atoms. The summed E-state index contributed by atoms with van der Waals surface area (Å²) in [5.74, 6) is 1.93. The van der Waals surface area contributed by atoms with Crippen molar-refractivity contribution >= 4 is 0 Å². The second kappa shape index (κ2) is 13.0. The molecule has 3 aromatic heterocycles. The summed E-state index contributed by atoms with van der Waals surface area (Å²) in [6, 6.07) is 49.3. The molecule has 0 fully saturated rings. The Labute approximate surface area is 278 Å². The smallest absolute Gasteiger partial charge is 0.160 e. The Morgan fingerprint density at radius 3 is 1.02 bits per heavy atom. The van der Waals surface area contributed by atoms with Gasteiger partial charge in [0.15, 0.2) is 17.5 Å². The van der Waals surface area contributed by atoms with Crippen LogP contribution >= 0.6 is 0 Å². The number of aromatic nitrogens is 6.